The lowest BCUT2D eigenvalue weighted by Gasteiger charge is -2.25. The van der Waals surface area contributed by atoms with Crippen molar-refractivity contribution in [1.82, 2.24) is 0 Å². The molecule has 1 rings (SSSR count). The average molecular weight is 268 g/mol. The molecule has 0 aliphatic carbocycles. The smallest absolute Gasteiger partial charge is 0.161 e. The molecule has 0 heterocycles. The SMILES string of the molecule is CCC(C)(C)OCC(O)c1ccc(OC)c(OC)c1. The zero-order valence-corrected chi connectivity index (χ0v) is 12.4. The van der Waals surface area contributed by atoms with Gasteiger partial charge < -0.3 is 19.3 Å². The molecule has 0 aliphatic heterocycles. The van der Waals surface area contributed by atoms with Gasteiger partial charge >= 0.3 is 0 Å². The van der Waals surface area contributed by atoms with Crippen molar-refractivity contribution in [2.75, 3.05) is 20.8 Å². The van der Waals surface area contributed by atoms with Crippen molar-refractivity contribution < 1.29 is 19.3 Å². The lowest BCUT2D eigenvalue weighted by Crippen LogP contribution is -2.25. The average Bonchev–Trinajstić information content (AvgIpc) is 2.44. The van der Waals surface area contributed by atoms with E-state index in [1.165, 1.54) is 0 Å². The number of benzene rings is 1. The monoisotopic (exact) mass is 268 g/mol. The molecule has 0 aliphatic rings. The summed E-state index contributed by atoms with van der Waals surface area (Å²) in [6.07, 6.45) is 0.219. The van der Waals surface area contributed by atoms with Crippen LogP contribution in [0, 0.1) is 0 Å². The minimum absolute atomic E-state index is 0.225. The molecule has 1 N–H and O–H groups in total. The van der Waals surface area contributed by atoms with E-state index in [4.69, 9.17) is 14.2 Å². The van der Waals surface area contributed by atoms with Crippen LogP contribution in [-0.4, -0.2) is 31.5 Å². The topological polar surface area (TPSA) is 47.9 Å². The Labute approximate surface area is 115 Å². The molecule has 4 nitrogen and oxygen atoms in total. The number of aliphatic hydroxyl groups excluding tert-OH is 1. The largest absolute Gasteiger partial charge is 0.493 e. The highest BCUT2D eigenvalue weighted by atomic mass is 16.5. The summed E-state index contributed by atoms with van der Waals surface area (Å²) in [5.41, 5.74) is 0.530. The van der Waals surface area contributed by atoms with Gasteiger partial charge in [-0.15, -0.1) is 0 Å². The zero-order valence-electron chi connectivity index (χ0n) is 12.4. The highest BCUT2D eigenvalue weighted by Crippen LogP contribution is 2.30. The van der Waals surface area contributed by atoms with Crippen LogP contribution in [0.4, 0.5) is 0 Å². The van der Waals surface area contributed by atoms with Gasteiger partial charge in [-0.2, -0.15) is 0 Å². The van der Waals surface area contributed by atoms with E-state index >= 15 is 0 Å². The van der Waals surface area contributed by atoms with E-state index in [9.17, 15) is 5.11 Å². The van der Waals surface area contributed by atoms with Crippen LogP contribution in [0.2, 0.25) is 0 Å². The van der Waals surface area contributed by atoms with Crippen molar-refractivity contribution in [1.29, 1.82) is 0 Å². The molecule has 0 saturated heterocycles. The van der Waals surface area contributed by atoms with Crippen LogP contribution in [0.5, 0.6) is 11.5 Å². The molecular weight excluding hydrogens is 244 g/mol. The van der Waals surface area contributed by atoms with Gasteiger partial charge in [0.25, 0.3) is 0 Å². The first-order valence-electron chi connectivity index (χ1n) is 6.47. The second-order valence-electron chi connectivity index (χ2n) is 5.05. The highest BCUT2D eigenvalue weighted by molar-refractivity contribution is 5.43. The van der Waals surface area contributed by atoms with Crippen LogP contribution in [0.1, 0.15) is 38.9 Å². The molecule has 108 valence electrons. The minimum atomic E-state index is -0.675. The Bertz CT molecular complexity index is 401. The third-order valence-electron chi connectivity index (χ3n) is 3.28. The van der Waals surface area contributed by atoms with Crippen molar-refractivity contribution in [3.63, 3.8) is 0 Å². The van der Waals surface area contributed by atoms with Crippen molar-refractivity contribution in [3.8, 4) is 11.5 Å². The highest BCUT2D eigenvalue weighted by Gasteiger charge is 2.19. The van der Waals surface area contributed by atoms with Crippen LogP contribution in [-0.2, 0) is 4.74 Å². The van der Waals surface area contributed by atoms with Crippen LogP contribution in [0.15, 0.2) is 18.2 Å². The van der Waals surface area contributed by atoms with E-state index in [1.54, 1.807) is 26.4 Å². The van der Waals surface area contributed by atoms with Gasteiger partial charge in [-0.05, 0) is 38.0 Å². The second-order valence-corrected chi connectivity index (χ2v) is 5.05. The van der Waals surface area contributed by atoms with Crippen LogP contribution in [0.25, 0.3) is 0 Å². The quantitative estimate of drug-likeness (QED) is 0.826. The Kier molecular flexibility index (Phi) is 5.63. The summed E-state index contributed by atoms with van der Waals surface area (Å²) >= 11 is 0. The zero-order chi connectivity index (χ0) is 14.5. The standard InChI is InChI=1S/C15H24O4/c1-6-15(2,3)19-10-12(16)11-7-8-13(17-4)14(9-11)18-5/h7-9,12,16H,6,10H2,1-5H3. The van der Waals surface area contributed by atoms with E-state index in [1.807, 2.05) is 19.9 Å². The first-order chi connectivity index (χ1) is 8.93. The third-order valence-corrected chi connectivity index (χ3v) is 3.28. The first-order valence-corrected chi connectivity index (χ1v) is 6.47. The van der Waals surface area contributed by atoms with E-state index in [-0.39, 0.29) is 12.2 Å². The molecule has 0 aromatic heterocycles. The fourth-order valence-electron chi connectivity index (χ4n) is 1.56. The lowest BCUT2D eigenvalue weighted by atomic mass is 10.1. The van der Waals surface area contributed by atoms with Gasteiger partial charge in [0.2, 0.25) is 0 Å². The maximum Gasteiger partial charge on any atom is 0.161 e. The van der Waals surface area contributed by atoms with Crippen molar-refractivity contribution in [3.05, 3.63) is 23.8 Å². The molecule has 1 aromatic rings. The molecule has 0 saturated carbocycles. The van der Waals surface area contributed by atoms with E-state index in [2.05, 4.69) is 6.92 Å². The Hall–Kier alpha value is -1.26. The maximum absolute atomic E-state index is 10.1. The number of rotatable bonds is 7. The summed E-state index contributed by atoms with van der Waals surface area (Å²) in [6.45, 7) is 6.34. The Morgan fingerprint density at radius 3 is 2.32 bits per heavy atom. The van der Waals surface area contributed by atoms with Crippen molar-refractivity contribution >= 4 is 0 Å². The molecule has 4 heteroatoms. The summed E-state index contributed by atoms with van der Waals surface area (Å²) in [6, 6.07) is 5.36. The van der Waals surface area contributed by atoms with E-state index in [0.29, 0.717) is 11.5 Å². The summed E-state index contributed by atoms with van der Waals surface area (Å²) in [7, 11) is 3.16. The summed E-state index contributed by atoms with van der Waals surface area (Å²) < 4.78 is 16.1. The van der Waals surface area contributed by atoms with Crippen molar-refractivity contribution in [2.45, 2.75) is 38.9 Å². The number of ether oxygens (including phenoxy) is 3. The van der Waals surface area contributed by atoms with Gasteiger partial charge in [0.15, 0.2) is 11.5 Å². The molecule has 0 fully saturated rings. The molecule has 0 amide bonds. The Balaban J connectivity index is 2.74. The Morgan fingerprint density at radius 2 is 1.79 bits per heavy atom. The van der Waals surface area contributed by atoms with Gasteiger partial charge in [-0.3, -0.25) is 0 Å². The van der Waals surface area contributed by atoms with Crippen LogP contribution in [0.3, 0.4) is 0 Å². The predicted octanol–water partition coefficient (Wildman–Crippen LogP) is 2.94. The number of hydrogen-bond acceptors (Lipinski definition) is 4. The molecule has 0 spiro atoms. The molecule has 0 bridgehead atoms. The predicted molar refractivity (Wildman–Crippen MR) is 74.8 cm³/mol. The Morgan fingerprint density at radius 1 is 1.16 bits per heavy atom. The molecule has 19 heavy (non-hydrogen) atoms. The van der Waals surface area contributed by atoms with Gasteiger partial charge in [0.05, 0.1) is 26.4 Å². The van der Waals surface area contributed by atoms with Gasteiger partial charge in [-0.1, -0.05) is 13.0 Å². The number of aliphatic hydroxyl groups is 1. The van der Waals surface area contributed by atoms with E-state index < -0.39 is 6.10 Å². The van der Waals surface area contributed by atoms with Crippen LogP contribution < -0.4 is 9.47 Å². The van der Waals surface area contributed by atoms with Crippen LogP contribution >= 0.6 is 0 Å². The van der Waals surface area contributed by atoms with Gasteiger partial charge in [0, 0.05) is 0 Å². The number of methoxy groups -OCH3 is 2. The maximum atomic E-state index is 10.1. The van der Waals surface area contributed by atoms with E-state index in [0.717, 1.165) is 12.0 Å². The second kappa shape index (κ2) is 6.78. The molecule has 1 aromatic carbocycles. The molecule has 1 unspecified atom stereocenters. The lowest BCUT2D eigenvalue weighted by molar-refractivity contribution is -0.0618. The fourth-order valence-corrected chi connectivity index (χ4v) is 1.56. The molecule has 0 radical (unpaired) electrons. The normalized spacial score (nSPS) is 13.2. The van der Waals surface area contributed by atoms with Gasteiger partial charge in [-0.25, -0.2) is 0 Å². The number of hydrogen-bond donors (Lipinski definition) is 1. The third kappa shape index (κ3) is 4.40. The molecule has 1 atom stereocenters. The fraction of sp³-hybridized carbons (Fsp3) is 0.600. The summed E-state index contributed by atoms with van der Waals surface area (Å²) in [4.78, 5) is 0. The molecular formula is C15H24O4. The van der Waals surface area contributed by atoms with Crippen molar-refractivity contribution in [2.24, 2.45) is 0 Å². The summed E-state index contributed by atoms with van der Waals surface area (Å²) in [5.74, 6) is 1.25. The van der Waals surface area contributed by atoms with Gasteiger partial charge in [0.1, 0.15) is 6.10 Å². The summed E-state index contributed by atoms with van der Waals surface area (Å²) in [5, 5.41) is 10.1. The minimum Gasteiger partial charge on any atom is -0.493 e. The first kappa shape index (κ1) is 15.8.